The predicted octanol–water partition coefficient (Wildman–Crippen LogP) is 1.55. The fraction of sp³-hybridized carbons (Fsp3) is 0.286. The number of carbonyl (C=O) groups is 2. The average molecular weight is 321 g/mol. The van der Waals surface area contributed by atoms with E-state index in [2.05, 4.69) is 27.2 Å². The molecule has 0 saturated carbocycles. The SMILES string of the molecule is C#CCNC(=O)C1CC(=O)N(c2ccc(Br)cc2)C1. The third kappa shape index (κ3) is 3.15. The van der Waals surface area contributed by atoms with E-state index >= 15 is 0 Å². The summed E-state index contributed by atoms with van der Waals surface area (Å²) in [6.45, 7) is 0.596. The van der Waals surface area contributed by atoms with E-state index in [1.54, 1.807) is 4.90 Å². The molecule has 1 aliphatic heterocycles. The zero-order chi connectivity index (χ0) is 13.8. The Morgan fingerprint density at radius 2 is 2.16 bits per heavy atom. The van der Waals surface area contributed by atoms with E-state index in [1.165, 1.54) is 0 Å². The maximum Gasteiger partial charge on any atom is 0.227 e. The Bertz CT molecular complexity index is 533. The molecule has 1 atom stereocenters. The minimum absolute atomic E-state index is 0.0387. The van der Waals surface area contributed by atoms with Gasteiger partial charge in [-0.05, 0) is 24.3 Å². The summed E-state index contributed by atoms with van der Waals surface area (Å²) in [4.78, 5) is 25.4. The van der Waals surface area contributed by atoms with Crippen LogP contribution in [0.15, 0.2) is 28.7 Å². The first-order chi connectivity index (χ1) is 9.11. The number of carbonyl (C=O) groups excluding carboxylic acids is 2. The Labute approximate surface area is 120 Å². The highest BCUT2D eigenvalue weighted by Gasteiger charge is 2.34. The maximum atomic E-state index is 11.9. The molecule has 1 fully saturated rings. The van der Waals surface area contributed by atoms with Crippen LogP contribution in [0.1, 0.15) is 6.42 Å². The second-order valence-corrected chi connectivity index (χ2v) is 5.22. The molecule has 19 heavy (non-hydrogen) atoms. The molecule has 1 heterocycles. The van der Waals surface area contributed by atoms with E-state index in [4.69, 9.17) is 6.42 Å². The van der Waals surface area contributed by atoms with Gasteiger partial charge in [0.05, 0.1) is 12.5 Å². The van der Waals surface area contributed by atoms with E-state index in [-0.39, 0.29) is 30.7 Å². The summed E-state index contributed by atoms with van der Waals surface area (Å²) in [5.74, 6) is 1.82. The number of nitrogens with one attached hydrogen (secondary N) is 1. The number of amides is 2. The highest BCUT2D eigenvalue weighted by Crippen LogP contribution is 2.26. The van der Waals surface area contributed by atoms with E-state index in [0.29, 0.717) is 6.54 Å². The predicted molar refractivity (Wildman–Crippen MR) is 76.4 cm³/mol. The molecule has 1 aromatic rings. The summed E-state index contributed by atoms with van der Waals surface area (Å²) in [6, 6.07) is 7.44. The van der Waals surface area contributed by atoms with Crippen LogP contribution in [0.5, 0.6) is 0 Å². The fourth-order valence-corrected chi connectivity index (χ4v) is 2.30. The van der Waals surface area contributed by atoms with Crippen molar-refractivity contribution < 1.29 is 9.59 Å². The summed E-state index contributed by atoms with van der Waals surface area (Å²) >= 11 is 3.35. The molecule has 1 unspecified atom stereocenters. The van der Waals surface area contributed by atoms with Crippen LogP contribution in [0, 0.1) is 18.3 Å². The van der Waals surface area contributed by atoms with Crippen molar-refractivity contribution in [3.8, 4) is 12.3 Å². The first kappa shape index (κ1) is 13.6. The van der Waals surface area contributed by atoms with Crippen molar-refractivity contribution in [2.24, 2.45) is 5.92 Å². The van der Waals surface area contributed by atoms with Crippen LogP contribution in [-0.4, -0.2) is 24.9 Å². The van der Waals surface area contributed by atoms with Gasteiger partial charge in [0, 0.05) is 23.1 Å². The second kappa shape index (κ2) is 5.89. The summed E-state index contributed by atoms with van der Waals surface area (Å²) in [5.41, 5.74) is 0.806. The minimum atomic E-state index is -0.329. The summed E-state index contributed by atoms with van der Waals surface area (Å²) < 4.78 is 0.950. The van der Waals surface area contributed by atoms with Crippen molar-refractivity contribution in [1.29, 1.82) is 0 Å². The molecule has 0 aliphatic carbocycles. The molecule has 1 aliphatic rings. The molecule has 4 nitrogen and oxygen atoms in total. The van der Waals surface area contributed by atoms with Gasteiger partial charge in [-0.2, -0.15) is 0 Å². The largest absolute Gasteiger partial charge is 0.345 e. The summed E-state index contributed by atoms with van der Waals surface area (Å²) in [7, 11) is 0. The molecule has 5 heteroatoms. The Balaban J connectivity index is 2.05. The number of nitrogens with zero attached hydrogens (tertiary/aromatic N) is 1. The van der Waals surface area contributed by atoms with Crippen LogP contribution < -0.4 is 10.2 Å². The Morgan fingerprint density at radius 1 is 1.47 bits per heavy atom. The van der Waals surface area contributed by atoms with Gasteiger partial charge in [-0.25, -0.2) is 0 Å². The molecule has 1 aromatic carbocycles. The highest BCUT2D eigenvalue weighted by molar-refractivity contribution is 9.10. The number of hydrogen-bond donors (Lipinski definition) is 1. The molecule has 1 N–H and O–H groups in total. The van der Waals surface area contributed by atoms with E-state index in [1.807, 2.05) is 24.3 Å². The number of rotatable bonds is 3. The lowest BCUT2D eigenvalue weighted by molar-refractivity contribution is -0.126. The van der Waals surface area contributed by atoms with E-state index < -0.39 is 0 Å². The normalized spacial score (nSPS) is 18.2. The Kier molecular flexibility index (Phi) is 4.23. The molecule has 0 aromatic heterocycles. The van der Waals surface area contributed by atoms with E-state index in [0.717, 1.165) is 10.2 Å². The van der Waals surface area contributed by atoms with Crippen molar-refractivity contribution in [3.63, 3.8) is 0 Å². The molecule has 2 rings (SSSR count). The third-order valence-electron chi connectivity index (χ3n) is 3.00. The van der Waals surface area contributed by atoms with Crippen molar-refractivity contribution >= 4 is 33.4 Å². The molecular formula is C14H13BrN2O2. The quantitative estimate of drug-likeness (QED) is 0.859. The Hall–Kier alpha value is -1.80. The van der Waals surface area contributed by atoms with Crippen LogP contribution in [0.25, 0.3) is 0 Å². The molecule has 1 saturated heterocycles. The van der Waals surface area contributed by atoms with E-state index in [9.17, 15) is 9.59 Å². The first-order valence-electron chi connectivity index (χ1n) is 5.89. The van der Waals surface area contributed by atoms with Gasteiger partial charge in [0.2, 0.25) is 11.8 Å². The smallest absolute Gasteiger partial charge is 0.227 e. The van der Waals surface area contributed by atoms with Crippen LogP contribution in [0.4, 0.5) is 5.69 Å². The highest BCUT2D eigenvalue weighted by atomic mass is 79.9. The lowest BCUT2D eigenvalue weighted by atomic mass is 10.1. The van der Waals surface area contributed by atoms with Gasteiger partial charge in [0.15, 0.2) is 0 Å². The molecule has 0 radical (unpaired) electrons. The number of terminal acetylenes is 1. The lowest BCUT2D eigenvalue weighted by Crippen LogP contribution is -2.33. The summed E-state index contributed by atoms with van der Waals surface area (Å²) in [5, 5.41) is 2.61. The van der Waals surface area contributed by atoms with Gasteiger partial charge in [0.1, 0.15) is 0 Å². The second-order valence-electron chi connectivity index (χ2n) is 4.30. The van der Waals surface area contributed by atoms with Crippen LogP contribution >= 0.6 is 15.9 Å². The standard InChI is InChI=1S/C14H13BrN2O2/c1-2-7-16-14(19)10-8-13(18)17(9-10)12-5-3-11(15)4-6-12/h1,3-6,10H,7-9H2,(H,16,19). The monoisotopic (exact) mass is 320 g/mol. The Morgan fingerprint density at radius 3 is 2.79 bits per heavy atom. The minimum Gasteiger partial charge on any atom is -0.345 e. The van der Waals surface area contributed by atoms with Gasteiger partial charge in [-0.3, -0.25) is 9.59 Å². The molecule has 0 spiro atoms. The molecular weight excluding hydrogens is 308 g/mol. The molecule has 2 amide bonds. The molecule has 0 bridgehead atoms. The van der Waals surface area contributed by atoms with Gasteiger partial charge < -0.3 is 10.2 Å². The summed E-state index contributed by atoms with van der Waals surface area (Å²) in [6.07, 6.45) is 5.32. The van der Waals surface area contributed by atoms with Gasteiger partial charge >= 0.3 is 0 Å². The molecule has 98 valence electrons. The number of hydrogen-bond acceptors (Lipinski definition) is 2. The zero-order valence-corrected chi connectivity index (χ0v) is 11.8. The number of benzene rings is 1. The van der Waals surface area contributed by atoms with Crippen molar-refractivity contribution in [2.45, 2.75) is 6.42 Å². The zero-order valence-electron chi connectivity index (χ0n) is 10.2. The average Bonchev–Trinajstić information content (AvgIpc) is 2.79. The van der Waals surface area contributed by atoms with Crippen LogP contribution in [-0.2, 0) is 9.59 Å². The van der Waals surface area contributed by atoms with Crippen LogP contribution in [0.3, 0.4) is 0 Å². The number of anilines is 1. The van der Waals surface area contributed by atoms with Gasteiger partial charge in [-0.1, -0.05) is 21.9 Å². The lowest BCUT2D eigenvalue weighted by Gasteiger charge is -2.16. The maximum absolute atomic E-state index is 11.9. The third-order valence-corrected chi connectivity index (χ3v) is 3.53. The fourth-order valence-electron chi connectivity index (χ4n) is 2.04. The number of halogens is 1. The van der Waals surface area contributed by atoms with Gasteiger partial charge in [0.25, 0.3) is 0 Å². The first-order valence-corrected chi connectivity index (χ1v) is 6.68. The van der Waals surface area contributed by atoms with Crippen molar-refractivity contribution in [3.05, 3.63) is 28.7 Å². The van der Waals surface area contributed by atoms with Crippen LogP contribution in [0.2, 0.25) is 0 Å². The van der Waals surface area contributed by atoms with Crippen molar-refractivity contribution in [2.75, 3.05) is 18.0 Å². The van der Waals surface area contributed by atoms with Gasteiger partial charge in [-0.15, -0.1) is 6.42 Å². The topological polar surface area (TPSA) is 49.4 Å². The van der Waals surface area contributed by atoms with Crippen molar-refractivity contribution in [1.82, 2.24) is 5.32 Å².